The molecule has 1 aliphatic heterocycles. The van der Waals surface area contributed by atoms with Crippen LogP contribution in [0.2, 0.25) is 0 Å². The fourth-order valence-electron chi connectivity index (χ4n) is 2.84. The smallest absolute Gasteiger partial charge is 0.193 e. The molecule has 0 spiro atoms. The van der Waals surface area contributed by atoms with Crippen LogP contribution in [0.3, 0.4) is 0 Å². The average molecular weight is 375 g/mol. The Labute approximate surface area is 157 Å². The molecule has 1 fully saturated rings. The largest absolute Gasteiger partial charge is 0.497 e. The Balaban J connectivity index is 1.55. The van der Waals surface area contributed by atoms with Crippen LogP contribution in [0.1, 0.15) is 18.5 Å². The summed E-state index contributed by atoms with van der Waals surface area (Å²) in [5, 5.41) is 6.30. The zero-order chi connectivity index (χ0) is 18.4. The number of anilines is 2. The number of nitrogens with zero attached hydrogens (tertiary/aromatic N) is 3. The van der Waals surface area contributed by atoms with Gasteiger partial charge in [0, 0.05) is 37.5 Å². The van der Waals surface area contributed by atoms with Gasteiger partial charge in [0.05, 0.1) is 25.6 Å². The maximum atomic E-state index is 6.01. The van der Waals surface area contributed by atoms with Gasteiger partial charge in [0.15, 0.2) is 11.1 Å². The highest BCUT2D eigenvalue weighted by Gasteiger charge is 2.15. The zero-order valence-corrected chi connectivity index (χ0v) is 16.0. The van der Waals surface area contributed by atoms with Gasteiger partial charge in [0.1, 0.15) is 11.5 Å². The number of ether oxygens (including phenoxy) is 2. The van der Waals surface area contributed by atoms with Crippen molar-refractivity contribution in [2.45, 2.75) is 19.3 Å². The van der Waals surface area contributed by atoms with Gasteiger partial charge in [0.2, 0.25) is 0 Å². The van der Waals surface area contributed by atoms with E-state index in [2.05, 4.69) is 20.6 Å². The van der Waals surface area contributed by atoms with Crippen molar-refractivity contribution in [3.05, 3.63) is 29.3 Å². The summed E-state index contributed by atoms with van der Waals surface area (Å²) in [5.74, 6) is 1.74. The van der Waals surface area contributed by atoms with Crippen molar-refractivity contribution < 1.29 is 9.47 Å². The van der Waals surface area contributed by atoms with Crippen LogP contribution < -0.4 is 25.4 Å². The van der Waals surface area contributed by atoms with E-state index in [1.165, 1.54) is 12.8 Å². The fraction of sp³-hybridized carbons (Fsp3) is 0.444. The van der Waals surface area contributed by atoms with Crippen LogP contribution in [-0.4, -0.2) is 44.8 Å². The van der Waals surface area contributed by atoms with Gasteiger partial charge in [-0.2, -0.15) is 0 Å². The molecule has 0 saturated carbocycles. The molecule has 2 aromatic rings. The van der Waals surface area contributed by atoms with E-state index in [0.29, 0.717) is 18.3 Å². The number of aliphatic imine (C=N–C) groups is 1. The minimum atomic E-state index is 0.339. The summed E-state index contributed by atoms with van der Waals surface area (Å²) in [6.45, 7) is 2.81. The summed E-state index contributed by atoms with van der Waals surface area (Å²) >= 11 is 1.71. The van der Waals surface area contributed by atoms with Crippen molar-refractivity contribution in [1.29, 1.82) is 0 Å². The Hall–Kier alpha value is -2.48. The minimum Gasteiger partial charge on any atom is -0.497 e. The van der Waals surface area contributed by atoms with Gasteiger partial charge >= 0.3 is 0 Å². The van der Waals surface area contributed by atoms with Crippen LogP contribution in [0.4, 0.5) is 10.8 Å². The number of aromatic nitrogens is 1. The van der Waals surface area contributed by atoms with Crippen molar-refractivity contribution in [3.8, 4) is 11.5 Å². The second-order valence-corrected chi connectivity index (χ2v) is 6.86. The number of methoxy groups -OCH3 is 2. The summed E-state index contributed by atoms with van der Waals surface area (Å²) in [5.41, 5.74) is 7.79. The Bertz CT molecular complexity index is 756. The minimum absolute atomic E-state index is 0.339. The van der Waals surface area contributed by atoms with Crippen molar-refractivity contribution >= 4 is 28.1 Å². The first-order valence-electron chi connectivity index (χ1n) is 8.68. The Morgan fingerprint density at radius 2 is 2.12 bits per heavy atom. The number of nitrogens with one attached hydrogen (secondary N) is 1. The molecule has 0 aliphatic carbocycles. The molecule has 8 heteroatoms. The standard InChI is InChI=1S/C18H25N5O2S/c1-24-14-5-6-16(25-2)15(11-14)22-17(19)20-8-7-13-12-26-18(21-13)23-9-3-4-10-23/h5-6,11-12H,3-4,7-10H2,1-2H3,(H3,19,20,22). The molecular weight excluding hydrogens is 350 g/mol. The van der Waals surface area contributed by atoms with E-state index in [4.69, 9.17) is 20.2 Å². The molecule has 26 heavy (non-hydrogen) atoms. The third kappa shape index (κ3) is 4.57. The molecule has 1 aliphatic rings. The molecule has 0 radical (unpaired) electrons. The van der Waals surface area contributed by atoms with Crippen LogP contribution in [-0.2, 0) is 6.42 Å². The number of guanidine groups is 1. The third-order valence-corrected chi connectivity index (χ3v) is 5.19. The lowest BCUT2D eigenvalue weighted by atomic mass is 10.2. The Morgan fingerprint density at radius 1 is 1.31 bits per heavy atom. The van der Waals surface area contributed by atoms with Crippen LogP contribution in [0.25, 0.3) is 0 Å². The van der Waals surface area contributed by atoms with Crippen molar-refractivity contribution in [3.63, 3.8) is 0 Å². The van der Waals surface area contributed by atoms with E-state index in [1.54, 1.807) is 25.6 Å². The quantitative estimate of drug-likeness (QED) is 0.572. The summed E-state index contributed by atoms with van der Waals surface area (Å²) in [6.07, 6.45) is 3.28. The van der Waals surface area contributed by atoms with Gasteiger partial charge in [-0.3, -0.25) is 4.99 Å². The van der Waals surface area contributed by atoms with Crippen molar-refractivity contribution in [1.82, 2.24) is 4.98 Å². The molecule has 3 N–H and O–H groups in total. The summed E-state index contributed by atoms with van der Waals surface area (Å²) in [6, 6.07) is 5.48. The maximum absolute atomic E-state index is 6.01. The third-order valence-electron chi connectivity index (χ3n) is 4.24. The lowest BCUT2D eigenvalue weighted by Gasteiger charge is -2.12. The first-order valence-corrected chi connectivity index (χ1v) is 9.56. The molecular formula is C18H25N5O2S. The lowest BCUT2D eigenvalue weighted by Crippen LogP contribution is -2.23. The number of rotatable bonds is 7. The SMILES string of the molecule is COc1ccc(OC)c(NC(N)=NCCc2csc(N3CCCC3)n2)c1. The van der Waals surface area contributed by atoms with Gasteiger partial charge in [-0.1, -0.05) is 0 Å². The van der Waals surface area contributed by atoms with Gasteiger partial charge in [0.25, 0.3) is 0 Å². The monoisotopic (exact) mass is 375 g/mol. The molecule has 1 aromatic heterocycles. The fourth-order valence-corrected chi connectivity index (χ4v) is 3.76. The maximum Gasteiger partial charge on any atom is 0.193 e. The summed E-state index contributed by atoms with van der Waals surface area (Å²) in [7, 11) is 3.23. The molecule has 0 atom stereocenters. The summed E-state index contributed by atoms with van der Waals surface area (Å²) < 4.78 is 10.6. The normalized spacial score (nSPS) is 14.5. The highest BCUT2D eigenvalue weighted by molar-refractivity contribution is 7.13. The first kappa shape index (κ1) is 18.3. The van der Waals surface area contributed by atoms with E-state index in [1.807, 2.05) is 18.2 Å². The van der Waals surface area contributed by atoms with Crippen LogP contribution >= 0.6 is 11.3 Å². The lowest BCUT2D eigenvalue weighted by molar-refractivity contribution is 0.405. The number of benzene rings is 1. The topological polar surface area (TPSA) is 85.0 Å². The predicted molar refractivity (Wildman–Crippen MR) is 107 cm³/mol. The molecule has 0 bridgehead atoms. The van der Waals surface area contributed by atoms with Crippen molar-refractivity contribution in [2.24, 2.45) is 10.7 Å². The zero-order valence-electron chi connectivity index (χ0n) is 15.2. The van der Waals surface area contributed by atoms with E-state index >= 15 is 0 Å². The van der Waals surface area contributed by atoms with Crippen LogP contribution in [0, 0.1) is 0 Å². The first-order chi connectivity index (χ1) is 12.7. The highest BCUT2D eigenvalue weighted by Crippen LogP contribution is 2.28. The van der Waals surface area contributed by atoms with Gasteiger partial charge < -0.3 is 25.4 Å². The Kier molecular flexibility index (Phi) is 6.17. The van der Waals surface area contributed by atoms with Crippen LogP contribution in [0.15, 0.2) is 28.6 Å². The number of hydrogen-bond donors (Lipinski definition) is 2. The molecule has 3 rings (SSSR count). The molecule has 2 heterocycles. The molecule has 7 nitrogen and oxygen atoms in total. The summed E-state index contributed by atoms with van der Waals surface area (Å²) in [4.78, 5) is 11.4. The predicted octanol–water partition coefficient (Wildman–Crippen LogP) is 2.73. The van der Waals surface area contributed by atoms with Gasteiger partial charge in [-0.05, 0) is 25.0 Å². The number of thiazole rings is 1. The van der Waals surface area contributed by atoms with Crippen LogP contribution in [0.5, 0.6) is 11.5 Å². The average Bonchev–Trinajstić information content (AvgIpc) is 3.33. The molecule has 1 aromatic carbocycles. The van der Waals surface area contributed by atoms with Gasteiger partial charge in [-0.15, -0.1) is 11.3 Å². The van der Waals surface area contributed by atoms with E-state index in [0.717, 1.165) is 41.8 Å². The van der Waals surface area contributed by atoms with E-state index < -0.39 is 0 Å². The van der Waals surface area contributed by atoms with Crippen molar-refractivity contribution in [2.75, 3.05) is 44.1 Å². The second kappa shape index (κ2) is 8.75. The molecule has 140 valence electrons. The van der Waals surface area contributed by atoms with E-state index in [9.17, 15) is 0 Å². The number of nitrogens with two attached hydrogens (primary N) is 1. The van der Waals surface area contributed by atoms with E-state index in [-0.39, 0.29) is 0 Å². The number of hydrogen-bond acceptors (Lipinski definition) is 6. The Morgan fingerprint density at radius 3 is 2.85 bits per heavy atom. The second-order valence-electron chi connectivity index (χ2n) is 6.02. The molecule has 1 saturated heterocycles. The van der Waals surface area contributed by atoms with Gasteiger partial charge in [-0.25, -0.2) is 4.98 Å². The molecule has 0 amide bonds. The molecule has 0 unspecified atom stereocenters. The highest BCUT2D eigenvalue weighted by atomic mass is 32.1.